The second-order valence-electron chi connectivity index (χ2n) is 5.97. The average molecular weight is 364 g/mol. The number of halogens is 1. The minimum Gasteiger partial charge on any atom is -0.354 e. The van der Waals surface area contributed by atoms with Crippen molar-refractivity contribution >= 4 is 15.8 Å². The molecule has 134 valence electrons. The molecule has 0 aliphatic carbocycles. The molecule has 1 aromatic heterocycles. The van der Waals surface area contributed by atoms with E-state index in [0.29, 0.717) is 38.3 Å². The highest BCUT2D eigenvalue weighted by Crippen LogP contribution is 2.22. The molecular formula is C17H21FN4O2S. The summed E-state index contributed by atoms with van der Waals surface area (Å²) in [5.41, 5.74) is 1.53. The fraction of sp³-hybridized carbons (Fsp3) is 0.412. The van der Waals surface area contributed by atoms with E-state index in [1.165, 1.54) is 18.5 Å². The van der Waals surface area contributed by atoms with E-state index in [2.05, 4.69) is 9.97 Å². The van der Waals surface area contributed by atoms with Crippen LogP contribution in [0.5, 0.6) is 0 Å². The van der Waals surface area contributed by atoms with Gasteiger partial charge in [0.1, 0.15) is 18.0 Å². The fourth-order valence-corrected chi connectivity index (χ4v) is 4.37. The summed E-state index contributed by atoms with van der Waals surface area (Å²) >= 11 is 0. The Hall–Kier alpha value is -2.06. The fourth-order valence-electron chi connectivity index (χ4n) is 2.88. The van der Waals surface area contributed by atoms with E-state index in [0.717, 1.165) is 11.4 Å². The lowest BCUT2D eigenvalue weighted by Crippen LogP contribution is -2.49. The molecule has 0 atom stereocenters. The number of anilines is 1. The van der Waals surface area contributed by atoms with E-state index in [1.807, 2.05) is 17.9 Å². The number of sulfonamides is 1. The van der Waals surface area contributed by atoms with Gasteiger partial charge in [-0.1, -0.05) is 6.92 Å². The molecular weight excluding hydrogens is 343 g/mol. The van der Waals surface area contributed by atoms with Gasteiger partial charge in [0.2, 0.25) is 10.0 Å². The van der Waals surface area contributed by atoms with Gasteiger partial charge in [0.15, 0.2) is 0 Å². The van der Waals surface area contributed by atoms with Gasteiger partial charge >= 0.3 is 0 Å². The van der Waals surface area contributed by atoms with Crippen LogP contribution in [0.4, 0.5) is 10.2 Å². The van der Waals surface area contributed by atoms with Crippen molar-refractivity contribution in [3.63, 3.8) is 0 Å². The van der Waals surface area contributed by atoms with Crippen LogP contribution in [-0.4, -0.2) is 54.6 Å². The quantitative estimate of drug-likeness (QED) is 0.813. The third-order valence-electron chi connectivity index (χ3n) is 4.21. The van der Waals surface area contributed by atoms with Crippen LogP contribution in [0.2, 0.25) is 0 Å². The first kappa shape index (κ1) is 17.8. The number of aromatic nitrogens is 2. The molecule has 2 heterocycles. The largest absolute Gasteiger partial charge is 0.354 e. The molecule has 8 heteroatoms. The molecule has 0 radical (unpaired) electrons. The van der Waals surface area contributed by atoms with Crippen molar-refractivity contribution in [1.82, 2.24) is 14.3 Å². The van der Waals surface area contributed by atoms with Crippen molar-refractivity contribution in [1.29, 1.82) is 0 Å². The first-order valence-corrected chi connectivity index (χ1v) is 9.91. The molecule has 1 aliphatic heterocycles. The summed E-state index contributed by atoms with van der Waals surface area (Å²) < 4.78 is 38.9. The maximum Gasteiger partial charge on any atom is 0.214 e. The minimum absolute atomic E-state index is 0.190. The number of benzene rings is 1. The lowest BCUT2D eigenvalue weighted by molar-refractivity contribution is 0.383. The van der Waals surface area contributed by atoms with Crippen LogP contribution in [0.15, 0.2) is 36.7 Å². The monoisotopic (exact) mass is 364 g/mol. The molecule has 0 amide bonds. The van der Waals surface area contributed by atoms with Gasteiger partial charge in [-0.25, -0.2) is 22.8 Å². The molecule has 0 saturated carbocycles. The maximum absolute atomic E-state index is 13.1. The molecule has 1 fully saturated rings. The number of hydrogen-bond acceptors (Lipinski definition) is 5. The molecule has 0 bridgehead atoms. The highest BCUT2D eigenvalue weighted by atomic mass is 32.2. The van der Waals surface area contributed by atoms with Crippen molar-refractivity contribution in [3.8, 4) is 11.3 Å². The molecule has 0 spiro atoms. The zero-order valence-corrected chi connectivity index (χ0v) is 14.9. The summed E-state index contributed by atoms with van der Waals surface area (Å²) in [7, 11) is -3.16. The number of nitrogens with zero attached hydrogens (tertiary/aromatic N) is 4. The summed E-state index contributed by atoms with van der Waals surface area (Å²) in [6.45, 7) is 3.95. The predicted octanol–water partition coefficient (Wildman–Crippen LogP) is 2.14. The minimum atomic E-state index is -3.16. The Labute approximate surface area is 147 Å². The van der Waals surface area contributed by atoms with E-state index in [-0.39, 0.29) is 11.6 Å². The van der Waals surface area contributed by atoms with Gasteiger partial charge in [0, 0.05) is 37.8 Å². The zero-order valence-electron chi connectivity index (χ0n) is 14.1. The second-order valence-corrected chi connectivity index (χ2v) is 8.06. The van der Waals surface area contributed by atoms with Gasteiger partial charge in [-0.15, -0.1) is 0 Å². The van der Waals surface area contributed by atoms with E-state index >= 15 is 0 Å². The standard InChI is InChI=1S/C17H21FN4O2S/c1-2-11-25(23,24)22-9-7-21(8-10-22)17-12-16(19-13-20-17)14-3-5-15(18)6-4-14/h3-6,12-13H,2,7-11H2,1H3. The Morgan fingerprint density at radius 2 is 1.76 bits per heavy atom. The summed E-state index contributed by atoms with van der Waals surface area (Å²) in [5.74, 6) is 0.652. The number of hydrogen-bond donors (Lipinski definition) is 0. The lowest BCUT2D eigenvalue weighted by Gasteiger charge is -2.34. The van der Waals surface area contributed by atoms with Crippen LogP contribution >= 0.6 is 0 Å². The first-order chi connectivity index (χ1) is 12.0. The van der Waals surface area contributed by atoms with E-state index in [1.54, 1.807) is 16.4 Å². The van der Waals surface area contributed by atoms with Crippen molar-refractivity contribution in [2.45, 2.75) is 13.3 Å². The van der Waals surface area contributed by atoms with Crippen LogP contribution in [0.3, 0.4) is 0 Å². The van der Waals surface area contributed by atoms with Crippen LogP contribution in [0.1, 0.15) is 13.3 Å². The highest BCUT2D eigenvalue weighted by Gasteiger charge is 2.26. The summed E-state index contributed by atoms with van der Waals surface area (Å²) in [6.07, 6.45) is 2.10. The third-order valence-corrected chi connectivity index (χ3v) is 6.29. The number of piperazine rings is 1. The number of rotatable bonds is 5. The highest BCUT2D eigenvalue weighted by molar-refractivity contribution is 7.89. The smallest absolute Gasteiger partial charge is 0.214 e. The van der Waals surface area contributed by atoms with Gasteiger partial charge in [-0.3, -0.25) is 0 Å². The molecule has 3 rings (SSSR count). The Morgan fingerprint density at radius 1 is 1.08 bits per heavy atom. The maximum atomic E-state index is 13.1. The van der Waals surface area contributed by atoms with Crippen LogP contribution in [-0.2, 0) is 10.0 Å². The molecule has 0 N–H and O–H groups in total. The van der Waals surface area contributed by atoms with Gasteiger partial charge in [0.05, 0.1) is 11.4 Å². The van der Waals surface area contributed by atoms with Crippen LogP contribution < -0.4 is 4.90 Å². The van der Waals surface area contributed by atoms with Crippen molar-refractivity contribution in [2.24, 2.45) is 0 Å². The van der Waals surface area contributed by atoms with Crippen molar-refractivity contribution in [2.75, 3.05) is 36.8 Å². The lowest BCUT2D eigenvalue weighted by atomic mass is 10.1. The molecule has 25 heavy (non-hydrogen) atoms. The summed E-state index contributed by atoms with van der Waals surface area (Å²) in [6, 6.07) is 8.00. The van der Waals surface area contributed by atoms with Gasteiger partial charge in [-0.05, 0) is 30.7 Å². The van der Waals surface area contributed by atoms with E-state index < -0.39 is 10.0 Å². The average Bonchev–Trinajstić information content (AvgIpc) is 2.62. The topological polar surface area (TPSA) is 66.4 Å². The van der Waals surface area contributed by atoms with Crippen molar-refractivity contribution < 1.29 is 12.8 Å². The van der Waals surface area contributed by atoms with E-state index in [4.69, 9.17) is 0 Å². The van der Waals surface area contributed by atoms with E-state index in [9.17, 15) is 12.8 Å². The molecule has 6 nitrogen and oxygen atoms in total. The Bertz CT molecular complexity index is 819. The van der Waals surface area contributed by atoms with Crippen molar-refractivity contribution in [3.05, 3.63) is 42.5 Å². The molecule has 0 unspecified atom stereocenters. The predicted molar refractivity (Wildman–Crippen MR) is 95.3 cm³/mol. The van der Waals surface area contributed by atoms with Crippen LogP contribution in [0, 0.1) is 5.82 Å². The van der Waals surface area contributed by atoms with Crippen LogP contribution in [0.25, 0.3) is 11.3 Å². The normalized spacial score (nSPS) is 16.2. The van der Waals surface area contributed by atoms with Gasteiger partial charge < -0.3 is 4.90 Å². The Morgan fingerprint density at radius 3 is 2.40 bits per heavy atom. The molecule has 1 aliphatic rings. The van der Waals surface area contributed by atoms with Gasteiger partial charge in [0.25, 0.3) is 0 Å². The second kappa shape index (κ2) is 7.45. The molecule has 1 aromatic carbocycles. The summed E-state index contributed by atoms with van der Waals surface area (Å²) in [4.78, 5) is 10.6. The first-order valence-electron chi connectivity index (χ1n) is 8.30. The third kappa shape index (κ3) is 4.13. The Kier molecular flexibility index (Phi) is 5.29. The Balaban J connectivity index is 1.72. The summed E-state index contributed by atoms with van der Waals surface area (Å²) in [5, 5.41) is 0. The molecule has 2 aromatic rings. The SMILES string of the molecule is CCCS(=O)(=O)N1CCN(c2cc(-c3ccc(F)cc3)ncn2)CC1. The molecule has 1 saturated heterocycles. The van der Waals surface area contributed by atoms with Gasteiger partial charge in [-0.2, -0.15) is 4.31 Å². The zero-order chi connectivity index (χ0) is 17.9.